The predicted octanol–water partition coefficient (Wildman–Crippen LogP) is 5.17. The summed E-state index contributed by atoms with van der Waals surface area (Å²) >= 11 is 0. The van der Waals surface area contributed by atoms with Crippen molar-refractivity contribution in [1.29, 1.82) is 0 Å². The quantitative estimate of drug-likeness (QED) is 0.606. The number of amides is 1. The fourth-order valence-electron chi connectivity index (χ4n) is 10.6. The molecule has 1 unspecified atom stereocenters. The van der Waals surface area contributed by atoms with Gasteiger partial charge in [0.1, 0.15) is 0 Å². The summed E-state index contributed by atoms with van der Waals surface area (Å²) in [5, 5.41) is 4.33. The van der Waals surface area contributed by atoms with Gasteiger partial charge >= 0.3 is 0 Å². The van der Waals surface area contributed by atoms with Gasteiger partial charge in [-0.1, -0.05) is 13.8 Å². The van der Waals surface area contributed by atoms with Gasteiger partial charge in [0.2, 0.25) is 5.91 Å². The van der Waals surface area contributed by atoms with Crippen LogP contribution in [0.4, 0.5) is 0 Å². The second kappa shape index (κ2) is 9.36. The molecule has 12 atom stereocenters. The van der Waals surface area contributed by atoms with Crippen LogP contribution in [0.25, 0.3) is 0 Å². The lowest BCUT2D eigenvalue weighted by molar-refractivity contribution is -0.137. The summed E-state index contributed by atoms with van der Waals surface area (Å²) in [7, 11) is 2.44. The number of carbonyl (C=O) groups excluding carboxylic acids is 1. The van der Waals surface area contributed by atoms with E-state index in [-0.39, 0.29) is 0 Å². The highest BCUT2D eigenvalue weighted by atomic mass is 16.2. The Morgan fingerprint density at radius 3 is 2.47 bits per heavy atom. The average Bonchev–Trinajstić information content (AvgIpc) is 2.92. The molecule has 3 aliphatic carbocycles. The van der Waals surface area contributed by atoms with Crippen LogP contribution in [0.5, 0.6) is 0 Å². The third-order valence-electron chi connectivity index (χ3n) is 11.9. The van der Waals surface area contributed by atoms with E-state index in [4.69, 9.17) is 0 Å². The number of hydrogen-bond acceptors (Lipinski definition) is 3. The molecule has 6 fully saturated rings. The van der Waals surface area contributed by atoms with E-state index >= 15 is 0 Å². The first-order valence-electron chi connectivity index (χ1n) is 15.1. The molecule has 6 aliphatic rings. The highest BCUT2D eigenvalue weighted by Crippen LogP contribution is 2.52. The lowest BCUT2D eigenvalue weighted by Crippen LogP contribution is -2.55. The topological polar surface area (TPSA) is 35.6 Å². The summed E-state index contributed by atoms with van der Waals surface area (Å²) < 4.78 is 0. The minimum atomic E-state index is 0.315. The van der Waals surface area contributed by atoms with Crippen LogP contribution in [0, 0.1) is 47.3 Å². The molecule has 4 heteroatoms. The van der Waals surface area contributed by atoms with Crippen molar-refractivity contribution in [2.75, 3.05) is 20.1 Å². The second-order valence-corrected chi connectivity index (χ2v) is 14.1. The molecule has 3 heterocycles. The Bertz CT molecular complexity index is 755. The van der Waals surface area contributed by atoms with Crippen LogP contribution in [0.15, 0.2) is 0 Å². The number of nitrogens with zero attached hydrogens (tertiary/aromatic N) is 2. The Morgan fingerprint density at radius 1 is 0.853 bits per heavy atom. The van der Waals surface area contributed by atoms with Crippen molar-refractivity contribution in [3.8, 4) is 0 Å². The molecule has 0 radical (unpaired) electrons. The first-order valence-corrected chi connectivity index (χ1v) is 15.1. The molecule has 1 N–H and O–H groups in total. The number of likely N-dealkylation sites (tertiary alicyclic amines) is 2. The Balaban J connectivity index is 1.16. The maximum absolute atomic E-state index is 12.4. The number of rotatable bonds is 2. The van der Waals surface area contributed by atoms with Gasteiger partial charge in [0.15, 0.2) is 0 Å². The third-order valence-corrected chi connectivity index (χ3v) is 11.9. The monoisotopic (exact) mass is 469 g/mol. The van der Waals surface area contributed by atoms with Gasteiger partial charge in [-0.15, -0.1) is 0 Å². The summed E-state index contributed by atoms with van der Waals surface area (Å²) in [6.45, 7) is 9.11. The Labute approximate surface area is 209 Å². The zero-order valence-corrected chi connectivity index (χ0v) is 22.4. The van der Waals surface area contributed by atoms with Gasteiger partial charge in [0.05, 0.1) is 0 Å². The van der Waals surface area contributed by atoms with Crippen molar-refractivity contribution in [2.45, 2.75) is 116 Å². The minimum Gasteiger partial charge on any atom is -0.340 e. The van der Waals surface area contributed by atoms with Gasteiger partial charge in [0.25, 0.3) is 0 Å². The Hall–Kier alpha value is -0.610. The summed E-state index contributed by atoms with van der Waals surface area (Å²) in [4.78, 5) is 17.4. The fraction of sp³-hybridized carbons (Fsp3) is 0.967. The van der Waals surface area contributed by atoms with E-state index in [2.05, 4.69) is 36.0 Å². The maximum atomic E-state index is 12.4. The van der Waals surface area contributed by atoms with Crippen molar-refractivity contribution in [3.05, 3.63) is 0 Å². The molecular formula is C30H51N3O. The van der Waals surface area contributed by atoms with E-state index in [0.29, 0.717) is 18.0 Å². The first-order chi connectivity index (χ1) is 16.4. The molecule has 34 heavy (non-hydrogen) atoms. The van der Waals surface area contributed by atoms with Crippen LogP contribution in [0.2, 0.25) is 0 Å². The molecule has 192 valence electrons. The van der Waals surface area contributed by atoms with E-state index < -0.39 is 0 Å². The van der Waals surface area contributed by atoms with Crippen LogP contribution in [-0.2, 0) is 4.79 Å². The molecule has 0 aromatic heterocycles. The number of fused-ring (bicyclic) bond motifs is 4. The molecular weight excluding hydrogens is 418 g/mol. The van der Waals surface area contributed by atoms with Crippen LogP contribution in [0.1, 0.15) is 91.4 Å². The number of hydrogen-bond donors (Lipinski definition) is 1. The largest absolute Gasteiger partial charge is 0.340 e. The molecule has 0 spiro atoms. The predicted molar refractivity (Wildman–Crippen MR) is 138 cm³/mol. The zero-order valence-electron chi connectivity index (χ0n) is 22.4. The van der Waals surface area contributed by atoms with Crippen LogP contribution >= 0.6 is 0 Å². The Kier molecular flexibility index (Phi) is 6.54. The van der Waals surface area contributed by atoms with Crippen LogP contribution in [0.3, 0.4) is 0 Å². The fourth-order valence-corrected chi connectivity index (χ4v) is 10.6. The van der Waals surface area contributed by atoms with E-state index in [0.717, 1.165) is 66.0 Å². The smallest absolute Gasteiger partial charge is 0.219 e. The standard InChI is InChI=1S/C30H51N3O/c1-18-11-22-16-28-25(23-15-27(22)29(12-18)32(4)17-23)8-7-24(31-28)14-21-10-19(2)13-30-26(21)6-5-9-33(30)20(3)34/h18-19,21-31H,5-17H2,1-4H3/t18-,19+,21-,22+,23-,24?,25-,26-,27-,28+,29+,30+/m1/s1. The van der Waals surface area contributed by atoms with Gasteiger partial charge in [-0.3, -0.25) is 4.79 Å². The lowest BCUT2D eigenvalue weighted by Gasteiger charge is -2.51. The third kappa shape index (κ3) is 4.27. The summed E-state index contributed by atoms with van der Waals surface area (Å²) in [5.41, 5.74) is 0. The van der Waals surface area contributed by atoms with E-state index in [1.54, 1.807) is 6.92 Å². The number of carbonyl (C=O) groups is 1. The van der Waals surface area contributed by atoms with Crippen LogP contribution < -0.4 is 5.32 Å². The highest BCUT2D eigenvalue weighted by molar-refractivity contribution is 5.73. The second-order valence-electron chi connectivity index (χ2n) is 14.1. The Morgan fingerprint density at radius 2 is 1.65 bits per heavy atom. The SMILES string of the molecule is CC(=O)N1CCC[C@@H]2[C@@H](CC3CC[C@@H]4[C@@H]5C[C@@H]6[C@@H](C[C@@H](C)C[C@@H]6N(C)C5)C[C@@H]4N3)C[C@H](C)C[C@@H]21. The van der Waals surface area contributed by atoms with Crippen LogP contribution in [-0.4, -0.2) is 60.0 Å². The van der Waals surface area contributed by atoms with Crippen molar-refractivity contribution in [2.24, 2.45) is 47.3 Å². The molecule has 3 saturated heterocycles. The zero-order chi connectivity index (χ0) is 23.6. The van der Waals surface area contributed by atoms with Gasteiger partial charge < -0.3 is 15.1 Å². The van der Waals surface area contributed by atoms with Gasteiger partial charge in [0, 0.05) is 44.2 Å². The molecule has 4 nitrogen and oxygen atoms in total. The van der Waals surface area contributed by atoms with Crippen molar-refractivity contribution in [1.82, 2.24) is 15.1 Å². The molecule has 0 aromatic carbocycles. The lowest BCUT2D eigenvalue weighted by atomic mass is 9.65. The van der Waals surface area contributed by atoms with Crippen molar-refractivity contribution in [3.63, 3.8) is 0 Å². The highest BCUT2D eigenvalue weighted by Gasteiger charge is 2.51. The summed E-state index contributed by atoms with van der Waals surface area (Å²) in [6.07, 6.45) is 15.3. The molecule has 3 saturated carbocycles. The molecule has 3 aliphatic heterocycles. The van der Waals surface area contributed by atoms with E-state index in [1.807, 2.05) is 0 Å². The molecule has 0 aromatic rings. The average molecular weight is 470 g/mol. The van der Waals surface area contributed by atoms with Gasteiger partial charge in [-0.25, -0.2) is 0 Å². The van der Waals surface area contributed by atoms with Crippen molar-refractivity contribution < 1.29 is 4.79 Å². The maximum Gasteiger partial charge on any atom is 0.219 e. The first kappa shape index (κ1) is 23.8. The molecule has 6 rings (SSSR count). The minimum absolute atomic E-state index is 0.315. The van der Waals surface area contributed by atoms with E-state index in [1.165, 1.54) is 77.2 Å². The normalized spacial score (nSPS) is 51.2. The molecule has 1 amide bonds. The number of nitrogens with one attached hydrogen (secondary N) is 1. The van der Waals surface area contributed by atoms with E-state index in [9.17, 15) is 4.79 Å². The van der Waals surface area contributed by atoms with Gasteiger partial charge in [-0.05, 0) is 125 Å². The van der Waals surface area contributed by atoms with Crippen molar-refractivity contribution >= 4 is 5.91 Å². The van der Waals surface area contributed by atoms with Gasteiger partial charge in [-0.2, -0.15) is 0 Å². The number of piperidine rings is 3. The summed E-state index contributed by atoms with van der Waals surface area (Å²) in [6, 6.07) is 2.84. The molecule has 2 bridgehead atoms. The summed E-state index contributed by atoms with van der Waals surface area (Å²) in [5.74, 6) is 7.26.